The number of ether oxygens (including phenoxy) is 1. The zero-order chi connectivity index (χ0) is 21.8. The van der Waals surface area contributed by atoms with Crippen molar-refractivity contribution in [3.63, 3.8) is 0 Å². The first-order chi connectivity index (χ1) is 14.4. The molecular formula is C24H30N2O4. The quantitative estimate of drug-likeness (QED) is 0.420. The molecule has 0 spiro atoms. The number of benzene rings is 2. The lowest BCUT2D eigenvalue weighted by Crippen LogP contribution is -2.15. The molecule has 2 aromatic rings. The van der Waals surface area contributed by atoms with E-state index in [1.807, 2.05) is 44.2 Å². The maximum absolute atomic E-state index is 12.0. The van der Waals surface area contributed by atoms with Gasteiger partial charge in [0.25, 0.3) is 0 Å². The molecule has 0 saturated carbocycles. The molecule has 0 saturated heterocycles. The lowest BCUT2D eigenvalue weighted by atomic mass is 10.1. The Bertz CT molecular complexity index is 817. The summed E-state index contributed by atoms with van der Waals surface area (Å²) in [6, 6.07) is 16.9. The van der Waals surface area contributed by atoms with Crippen molar-refractivity contribution in [3.05, 3.63) is 60.2 Å². The Morgan fingerprint density at radius 1 is 0.833 bits per heavy atom. The number of esters is 1. The van der Waals surface area contributed by atoms with E-state index in [1.165, 1.54) is 5.56 Å². The summed E-state index contributed by atoms with van der Waals surface area (Å²) in [7, 11) is 0. The van der Waals surface area contributed by atoms with Crippen LogP contribution in [0, 0.1) is 5.92 Å². The van der Waals surface area contributed by atoms with Crippen LogP contribution in [0.15, 0.2) is 54.6 Å². The summed E-state index contributed by atoms with van der Waals surface area (Å²) >= 11 is 0. The van der Waals surface area contributed by atoms with Gasteiger partial charge >= 0.3 is 5.97 Å². The number of rotatable bonds is 11. The number of hydrogen-bond acceptors (Lipinski definition) is 4. The molecule has 6 heteroatoms. The van der Waals surface area contributed by atoms with Gasteiger partial charge in [0.1, 0.15) is 0 Å². The Labute approximate surface area is 178 Å². The molecule has 0 atom stereocenters. The molecule has 0 bridgehead atoms. The van der Waals surface area contributed by atoms with Crippen molar-refractivity contribution in [2.75, 3.05) is 17.2 Å². The van der Waals surface area contributed by atoms with E-state index in [0.29, 0.717) is 30.3 Å². The van der Waals surface area contributed by atoms with E-state index in [4.69, 9.17) is 4.74 Å². The van der Waals surface area contributed by atoms with E-state index >= 15 is 0 Å². The number of anilines is 2. The number of aryl methyl sites for hydroxylation is 1. The van der Waals surface area contributed by atoms with Gasteiger partial charge in [0.15, 0.2) is 0 Å². The topological polar surface area (TPSA) is 84.5 Å². The molecule has 2 aromatic carbocycles. The summed E-state index contributed by atoms with van der Waals surface area (Å²) < 4.78 is 5.19. The predicted molar refractivity (Wildman–Crippen MR) is 118 cm³/mol. The first-order valence-corrected chi connectivity index (χ1v) is 10.3. The van der Waals surface area contributed by atoms with Crippen molar-refractivity contribution >= 4 is 29.2 Å². The highest BCUT2D eigenvalue weighted by atomic mass is 16.5. The average Bonchev–Trinajstić information content (AvgIpc) is 2.71. The second-order valence-corrected chi connectivity index (χ2v) is 7.58. The summed E-state index contributed by atoms with van der Waals surface area (Å²) in [5, 5.41) is 5.56. The minimum absolute atomic E-state index is 0.0379. The lowest BCUT2D eigenvalue weighted by Gasteiger charge is -2.09. The van der Waals surface area contributed by atoms with Gasteiger partial charge in [0.05, 0.1) is 13.0 Å². The Morgan fingerprint density at radius 2 is 1.43 bits per heavy atom. The smallest absolute Gasteiger partial charge is 0.306 e. The molecule has 2 rings (SSSR count). The molecule has 0 aliphatic rings. The van der Waals surface area contributed by atoms with Gasteiger partial charge in [-0.15, -0.1) is 0 Å². The Hall–Kier alpha value is -3.15. The van der Waals surface area contributed by atoms with Crippen LogP contribution in [0.1, 0.15) is 45.1 Å². The van der Waals surface area contributed by atoms with Gasteiger partial charge < -0.3 is 15.4 Å². The summed E-state index contributed by atoms with van der Waals surface area (Å²) in [6.07, 6.45) is 2.16. The molecule has 30 heavy (non-hydrogen) atoms. The normalized spacial score (nSPS) is 10.5. The van der Waals surface area contributed by atoms with Gasteiger partial charge in [-0.3, -0.25) is 14.4 Å². The van der Waals surface area contributed by atoms with Crippen LogP contribution in [-0.2, 0) is 25.5 Å². The first kappa shape index (κ1) is 23.1. The summed E-state index contributed by atoms with van der Waals surface area (Å²) in [5.41, 5.74) is 2.49. The van der Waals surface area contributed by atoms with E-state index in [-0.39, 0.29) is 30.6 Å². The lowest BCUT2D eigenvalue weighted by molar-refractivity contribution is -0.144. The third kappa shape index (κ3) is 9.37. The maximum atomic E-state index is 12.0. The van der Waals surface area contributed by atoms with Crippen molar-refractivity contribution in [2.24, 2.45) is 5.92 Å². The summed E-state index contributed by atoms with van der Waals surface area (Å²) in [6.45, 7) is 4.32. The van der Waals surface area contributed by atoms with Crippen molar-refractivity contribution in [1.29, 1.82) is 0 Å². The van der Waals surface area contributed by atoms with Crippen molar-refractivity contribution in [3.8, 4) is 0 Å². The number of nitrogens with one attached hydrogen (secondary N) is 2. The number of hydrogen-bond donors (Lipinski definition) is 2. The molecule has 160 valence electrons. The minimum Gasteiger partial charge on any atom is -0.466 e. The summed E-state index contributed by atoms with van der Waals surface area (Å²) in [4.78, 5) is 35.6. The van der Waals surface area contributed by atoms with Crippen LogP contribution in [0.25, 0.3) is 0 Å². The highest BCUT2D eigenvalue weighted by Gasteiger charge is 2.09. The minimum atomic E-state index is -0.374. The van der Waals surface area contributed by atoms with Crippen LogP contribution in [0.5, 0.6) is 0 Å². The molecule has 2 N–H and O–H groups in total. The van der Waals surface area contributed by atoms with Crippen molar-refractivity contribution in [1.82, 2.24) is 0 Å². The van der Waals surface area contributed by atoms with Gasteiger partial charge in [-0.25, -0.2) is 0 Å². The standard InChI is InChI=1S/C24H30N2O4/c1-18(2)17-23(28)26-21-12-10-20(11-13-21)25-22(27)14-15-24(29)30-16-6-9-19-7-4-3-5-8-19/h3-5,7-8,10-13,18H,6,9,14-17H2,1-2H3,(H,25,27)(H,26,28). The highest BCUT2D eigenvalue weighted by Crippen LogP contribution is 2.15. The van der Waals surface area contributed by atoms with Crippen LogP contribution >= 0.6 is 0 Å². The van der Waals surface area contributed by atoms with Gasteiger partial charge in [0.2, 0.25) is 11.8 Å². The van der Waals surface area contributed by atoms with Gasteiger partial charge in [0, 0.05) is 24.2 Å². The van der Waals surface area contributed by atoms with Crippen LogP contribution in [0.3, 0.4) is 0 Å². The molecule has 0 radical (unpaired) electrons. The third-order valence-electron chi connectivity index (χ3n) is 4.32. The maximum Gasteiger partial charge on any atom is 0.306 e. The molecule has 0 fully saturated rings. The van der Waals surface area contributed by atoms with Crippen LogP contribution < -0.4 is 10.6 Å². The fourth-order valence-electron chi connectivity index (χ4n) is 2.84. The molecule has 6 nitrogen and oxygen atoms in total. The van der Waals surface area contributed by atoms with E-state index < -0.39 is 0 Å². The predicted octanol–water partition coefficient (Wildman–Crippen LogP) is 4.57. The van der Waals surface area contributed by atoms with E-state index in [1.54, 1.807) is 24.3 Å². The number of amides is 2. The fourth-order valence-corrected chi connectivity index (χ4v) is 2.84. The molecule has 0 aromatic heterocycles. The van der Waals surface area contributed by atoms with Crippen molar-refractivity contribution in [2.45, 2.75) is 46.0 Å². The Kier molecular flexibility index (Phi) is 9.58. The SMILES string of the molecule is CC(C)CC(=O)Nc1ccc(NC(=O)CCC(=O)OCCCc2ccccc2)cc1. The Balaban J connectivity index is 1.62. The number of carbonyl (C=O) groups excluding carboxylic acids is 3. The summed E-state index contributed by atoms with van der Waals surface area (Å²) in [5.74, 6) is -0.377. The molecule has 0 unspecified atom stereocenters. The van der Waals surface area contributed by atoms with Crippen LogP contribution in [0.4, 0.5) is 11.4 Å². The largest absolute Gasteiger partial charge is 0.466 e. The van der Waals surface area contributed by atoms with E-state index in [2.05, 4.69) is 10.6 Å². The molecule has 0 heterocycles. The fraction of sp³-hybridized carbons (Fsp3) is 0.375. The molecule has 0 aliphatic carbocycles. The van der Waals surface area contributed by atoms with E-state index in [0.717, 1.165) is 12.8 Å². The van der Waals surface area contributed by atoms with E-state index in [9.17, 15) is 14.4 Å². The van der Waals surface area contributed by atoms with Gasteiger partial charge in [-0.1, -0.05) is 44.2 Å². The molecular weight excluding hydrogens is 380 g/mol. The van der Waals surface area contributed by atoms with Gasteiger partial charge in [-0.05, 0) is 48.6 Å². The van der Waals surface area contributed by atoms with Crippen molar-refractivity contribution < 1.29 is 19.1 Å². The zero-order valence-corrected chi connectivity index (χ0v) is 17.6. The molecule has 0 aliphatic heterocycles. The highest BCUT2D eigenvalue weighted by molar-refractivity contribution is 5.94. The molecule has 2 amide bonds. The monoisotopic (exact) mass is 410 g/mol. The van der Waals surface area contributed by atoms with Gasteiger partial charge in [-0.2, -0.15) is 0 Å². The van der Waals surface area contributed by atoms with Crippen LogP contribution in [-0.4, -0.2) is 24.4 Å². The first-order valence-electron chi connectivity index (χ1n) is 10.3. The number of carbonyl (C=O) groups is 3. The zero-order valence-electron chi connectivity index (χ0n) is 17.6. The third-order valence-corrected chi connectivity index (χ3v) is 4.32. The average molecular weight is 411 g/mol. The second-order valence-electron chi connectivity index (χ2n) is 7.58. The Morgan fingerprint density at radius 3 is 2.03 bits per heavy atom. The van der Waals surface area contributed by atoms with Crippen LogP contribution in [0.2, 0.25) is 0 Å². The second kappa shape index (κ2) is 12.4.